The van der Waals surface area contributed by atoms with Gasteiger partial charge in [-0.25, -0.2) is 4.98 Å². The van der Waals surface area contributed by atoms with E-state index in [1.165, 1.54) is 18.4 Å². The lowest BCUT2D eigenvalue weighted by atomic mass is 9.92. The summed E-state index contributed by atoms with van der Waals surface area (Å²) in [5, 5.41) is 4.60. The van der Waals surface area contributed by atoms with E-state index in [4.69, 9.17) is 9.47 Å². The molecule has 2 aliphatic heterocycles. The van der Waals surface area contributed by atoms with Crippen LogP contribution in [-0.2, 0) is 9.47 Å². The van der Waals surface area contributed by atoms with Gasteiger partial charge in [0, 0.05) is 30.4 Å². The van der Waals surface area contributed by atoms with Gasteiger partial charge in [0.05, 0.1) is 31.1 Å². The Morgan fingerprint density at radius 3 is 2.96 bits per heavy atom. The predicted molar refractivity (Wildman–Crippen MR) is 95.6 cm³/mol. The number of nitrogens with one attached hydrogen (secondary N) is 1. The smallest absolute Gasteiger partial charge is 0.129 e. The summed E-state index contributed by atoms with van der Waals surface area (Å²) in [5.74, 6) is 1.99. The number of morpholine rings is 1. The minimum absolute atomic E-state index is 0.251. The van der Waals surface area contributed by atoms with E-state index < -0.39 is 0 Å². The van der Waals surface area contributed by atoms with E-state index in [1.807, 2.05) is 12.3 Å². The van der Waals surface area contributed by atoms with Gasteiger partial charge < -0.3 is 19.8 Å². The van der Waals surface area contributed by atoms with Crippen LogP contribution >= 0.6 is 0 Å². The Balaban J connectivity index is 1.40. The van der Waals surface area contributed by atoms with Crippen LogP contribution in [0.4, 0.5) is 5.82 Å². The number of fused-ring (bicyclic) bond motifs is 1. The number of nitrogens with zero attached hydrogens (tertiary/aromatic N) is 3. The predicted octanol–water partition coefficient (Wildman–Crippen LogP) is 1.99. The minimum Gasteiger partial charge on any atom is -0.491 e. The molecule has 1 saturated heterocycles. The van der Waals surface area contributed by atoms with Crippen molar-refractivity contribution in [1.82, 2.24) is 10.4 Å². The molecule has 130 valence electrons. The fourth-order valence-electron chi connectivity index (χ4n) is 3.46. The molecule has 25 heavy (non-hydrogen) atoms. The number of hydrogen-bond acceptors (Lipinski definition) is 6. The summed E-state index contributed by atoms with van der Waals surface area (Å²) in [5.41, 5.74) is 6.59. The maximum Gasteiger partial charge on any atom is 0.129 e. The summed E-state index contributed by atoms with van der Waals surface area (Å²) in [6.45, 7) is 3.28. The molecule has 5 rings (SSSR count). The zero-order valence-electron chi connectivity index (χ0n) is 14.1. The topological polar surface area (TPSA) is 59.0 Å². The Kier molecular flexibility index (Phi) is 3.70. The molecule has 0 aromatic carbocycles. The summed E-state index contributed by atoms with van der Waals surface area (Å²) in [6.07, 6.45) is 9.89. The highest BCUT2D eigenvalue weighted by atomic mass is 16.5. The third kappa shape index (κ3) is 3.02. The highest BCUT2D eigenvalue weighted by molar-refractivity contribution is 6.15. The number of hydrogen-bond donors (Lipinski definition) is 1. The third-order valence-corrected chi connectivity index (χ3v) is 5.01. The van der Waals surface area contributed by atoms with Crippen LogP contribution in [0.15, 0.2) is 46.9 Å². The number of ether oxygens (including phenoxy) is 2. The molecule has 2 aliphatic carbocycles. The molecule has 1 unspecified atom stereocenters. The van der Waals surface area contributed by atoms with Crippen LogP contribution in [0.25, 0.3) is 0 Å². The van der Waals surface area contributed by atoms with Gasteiger partial charge in [-0.2, -0.15) is 5.10 Å². The summed E-state index contributed by atoms with van der Waals surface area (Å²) < 4.78 is 11.4. The van der Waals surface area contributed by atoms with Crippen LogP contribution in [0, 0.1) is 0 Å². The van der Waals surface area contributed by atoms with Gasteiger partial charge in [-0.15, -0.1) is 0 Å². The largest absolute Gasteiger partial charge is 0.491 e. The van der Waals surface area contributed by atoms with Crippen molar-refractivity contribution in [3.63, 3.8) is 0 Å². The number of rotatable bonds is 4. The number of hydrazone groups is 1. The van der Waals surface area contributed by atoms with Gasteiger partial charge in [-0.3, -0.25) is 0 Å². The zero-order chi connectivity index (χ0) is 16.6. The number of allylic oxidation sites excluding steroid dienone is 1. The molecule has 0 amide bonds. The van der Waals surface area contributed by atoms with E-state index in [-0.39, 0.29) is 6.04 Å². The summed E-state index contributed by atoms with van der Waals surface area (Å²) in [7, 11) is 0. The Morgan fingerprint density at radius 2 is 2.12 bits per heavy atom. The summed E-state index contributed by atoms with van der Waals surface area (Å²) in [4.78, 5) is 6.81. The third-order valence-electron chi connectivity index (χ3n) is 5.01. The molecule has 1 atom stereocenters. The van der Waals surface area contributed by atoms with Gasteiger partial charge in [0.25, 0.3) is 0 Å². The van der Waals surface area contributed by atoms with Crippen molar-refractivity contribution >= 4 is 11.5 Å². The molecule has 4 aliphatic rings. The lowest BCUT2D eigenvalue weighted by molar-refractivity contribution is 0.122. The Morgan fingerprint density at radius 1 is 1.24 bits per heavy atom. The number of aromatic nitrogens is 1. The summed E-state index contributed by atoms with van der Waals surface area (Å²) in [6, 6.07) is 4.42. The molecule has 1 aromatic heterocycles. The second kappa shape index (κ2) is 6.19. The molecule has 6 heteroatoms. The van der Waals surface area contributed by atoms with Crippen molar-refractivity contribution in [3.8, 4) is 0 Å². The van der Waals surface area contributed by atoms with Crippen molar-refractivity contribution in [2.75, 3.05) is 31.2 Å². The lowest BCUT2D eigenvalue weighted by Crippen LogP contribution is -2.36. The van der Waals surface area contributed by atoms with E-state index in [1.54, 1.807) is 0 Å². The fraction of sp³-hybridized carbons (Fsp3) is 0.474. The van der Waals surface area contributed by atoms with Crippen molar-refractivity contribution in [2.24, 2.45) is 5.10 Å². The Hall–Kier alpha value is -2.34. The number of pyridine rings is 1. The second-order valence-corrected chi connectivity index (χ2v) is 6.90. The molecule has 0 spiro atoms. The standard InChI is InChI=1S/C19H22N4O2/c1-2-14(1)25-15-3-4-17-16(12-15)19(22-21-17)13-5-6-20-18(11-13)23-7-9-24-10-8-23/h3,5-6,11-12,14,17,21H,1-2,4,7-10H2. The monoisotopic (exact) mass is 338 g/mol. The molecular formula is C19H22N4O2. The second-order valence-electron chi connectivity index (χ2n) is 6.90. The van der Waals surface area contributed by atoms with Gasteiger partial charge in [-0.1, -0.05) is 0 Å². The van der Waals surface area contributed by atoms with Crippen LogP contribution in [-0.4, -0.2) is 49.1 Å². The van der Waals surface area contributed by atoms with E-state index in [2.05, 4.69) is 38.6 Å². The van der Waals surface area contributed by atoms with Crippen molar-refractivity contribution in [1.29, 1.82) is 0 Å². The van der Waals surface area contributed by atoms with Gasteiger partial charge in [-0.05, 0) is 43.5 Å². The van der Waals surface area contributed by atoms with E-state index in [0.717, 1.165) is 55.6 Å². The van der Waals surface area contributed by atoms with Gasteiger partial charge >= 0.3 is 0 Å². The van der Waals surface area contributed by atoms with Crippen LogP contribution < -0.4 is 10.3 Å². The first-order chi connectivity index (χ1) is 12.4. The Bertz CT molecular complexity index is 760. The van der Waals surface area contributed by atoms with E-state index in [9.17, 15) is 0 Å². The average Bonchev–Trinajstić information content (AvgIpc) is 3.38. The molecule has 0 radical (unpaired) electrons. The SMILES string of the molecule is C1=C(OC2CC2)C=C2C(c3ccnc(N4CCOCC4)c3)=NNC2C1. The first-order valence-electron chi connectivity index (χ1n) is 9.08. The molecule has 1 aromatic rings. The first kappa shape index (κ1) is 15.0. The van der Waals surface area contributed by atoms with Crippen LogP contribution in [0.5, 0.6) is 0 Å². The van der Waals surface area contributed by atoms with Crippen molar-refractivity contribution < 1.29 is 9.47 Å². The molecule has 3 heterocycles. The maximum absolute atomic E-state index is 5.98. The van der Waals surface area contributed by atoms with Gasteiger partial charge in [0.2, 0.25) is 0 Å². The normalized spacial score (nSPS) is 25.5. The first-order valence-corrected chi connectivity index (χ1v) is 9.08. The zero-order valence-corrected chi connectivity index (χ0v) is 14.1. The van der Waals surface area contributed by atoms with E-state index >= 15 is 0 Å². The quantitative estimate of drug-likeness (QED) is 0.910. The van der Waals surface area contributed by atoms with Gasteiger partial charge in [0.15, 0.2) is 0 Å². The van der Waals surface area contributed by atoms with Gasteiger partial charge in [0.1, 0.15) is 11.6 Å². The van der Waals surface area contributed by atoms with Crippen molar-refractivity contribution in [3.05, 3.63) is 47.4 Å². The fourth-order valence-corrected chi connectivity index (χ4v) is 3.46. The molecule has 6 nitrogen and oxygen atoms in total. The number of anilines is 1. The molecule has 0 bridgehead atoms. The van der Waals surface area contributed by atoms with Crippen molar-refractivity contribution in [2.45, 2.75) is 31.4 Å². The lowest BCUT2D eigenvalue weighted by Gasteiger charge is -2.28. The highest BCUT2D eigenvalue weighted by Gasteiger charge is 2.31. The molecule has 1 N–H and O–H groups in total. The highest BCUT2D eigenvalue weighted by Crippen LogP contribution is 2.32. The average molecular weight is 338 g/mol. The molecule has 2 fully saturated rings. The maximum atomic E-state index is 5.98. The molecular weight excluding hydrogens is 316 g/mol. The van der Waals surface area contributed by atoms with E-state index in [0.29, 0.717) is 6.10 Å². The molecule has 1 saturated carbocycles. The minimum atomic E-state index is 0.251. The Labute approximate surface area is 147 Å². The summed E-state index contributed by atoms with van der Waals surface area (Å²) >= 11 is 0. The van der Waals surface area contributed by atoms with Crippen LogP contribution in [0.2, 0.25) is 0 Å². The van der Waals surface area contributed by atoms with Crippen LogP contribution in [0.3, 0.4) is 0 Å². The van der Waals surface area contributed by atoms with Crippen LogP contribution in [0.1, 0.15) is 24.8 Å².